The fourth-order valence-electron chi connectivity index (χ4n) is 5.61. The summed E-state index contributed by atoms with van der Waals surface area (Å²) in [4.78, 5) is 20.1. The molecule has 5 heteroatoms. The van der Waals surface area contributed by atoms with Gasteiger partial charge in [0.15, 0.2) is 0 Å². The van der Waals surface area contributed by atoms with Crippen LogP contribution in [0.15, 0.2) is 48.5 Å². The molecule has 1 unspecified atom stereocenters. The highest BCUT2D eigenvalue weighted by molar-refractivity contribution is 5.97. The third-order valence-corrected chi connectivity index (χ3v) is 7.32. The minimum atomic E-state index is 0. The van der Waals surface area contributed by atoms with E-state index >= 15 is 0 Å². The molecule has 1 saturated carbocycles. The number of carbonyl (C=O) groups excluding carboxylic acids is 1. The highest BCUT2D eigenvalue weighted by Crippen LogP contribution is 2.35. The summed E-state index contributed by atoms with van der Waals surface area (Å²) in [6.45, 7) is 3.89. The number of carbonyl (C=O) groups is 1. The van der Waals surface area contributed by atoms with Crippen LogP contribution in [0, 0.1) is 5.92 Å². The number of amides is 1. The number of fused-ring (bicyclic) bond motifs is 1. The van der Waals surface area contributed by atoms with E-state index in [1.807, 2.05) is 11.0 Å². The van der Waals surface area contributed by atoms with E-state index in [0.717, 1.165) is 42.5 Å². The fraction of sp³-hybridized carbons (Fsp3) is 0.481. The largest absolute Gasteiger partial charge is 1.00 e. The van der Waals surface area contributed by atoms with Gasteiger partial charge in [0.2, 0.25) is 5.91 Å². The van der Waals surface area contributed by atoms with E-state index in [1.54, 1.807) is 0 Å². The van der Waals surface area contributed by atoms with Crippen molar-refractivity contribution in [2.75, 3.05) is 11.4 Å². The van der Waals surface area contributed by atoms with Gasteiger partial charge in [-0.1, -0.05) is 69.4 Å². The molecule has 0 radical (unpaired) electrons. The molecule has 1 saturated heterocycles. The molecule has 170 valence electrons. The summed E-state index contributed by atoms with van der Waals surface area (Å²) in [5.74, 6) is 2.30. The molecule has 0 bridgehead atoms. The first kappa shape index (κ1) is 22.8. The number of hydrogen-bond acceptors (Lipinski definition) is 2. The smallest absolute Gasteiger partial charge is 0.227 e. The number of aromatic nitrogens is 2. The first-order valence-electron chi connectivity index (χ1n) is 12.1. The number of aryl methyl sites for hydroxylation is 2. The summed E-state index contributed by atoms with van der Waals surface area (Å²) >= 11 is 0. The van der Waals surface area contributed by atoms with Crippen molar-refractivity contribution in [2.24, 2.45) is 5.92 Å². The predicted molar refractivity (Wildman–Crippen MR) is 126 cm³/mol. The topological polar surface area (TPSA) is 38.1 Å². The highest BCUT2D eigenvalue weighted by Gasteiger charge is 2.35. The quantitative estimate of drug-likeness (QED) is 0.578. The number of benzene rings is 2. The second-order valence-corrected chi connectivity index (χ2v) is 9.29. The maximum absolute atomic E-state index is 13.0. The van der Waals surface area contributed by atoms with Crippen LogP contribution in [0.4, 0.5) is 5.69 Å². The van der Waals surface area contributed by atoms with E-state index in [1.165, 1.54) is 49.6 Å². The Morgan fingerprint density at radius 2 is 1.75 bits per heavy atom. The summed E-state index contributed by atoms with van der Waals surface area (Å²) in [7, 11) is 0. The van der Waals surface area contributed by atoms with Crippen LogP contribution >= 0.6 is 0 Å². The molecule has 2 aliphatic rings. The van der Waals surface area contributed by atoms with Gasteiger partial charge < -0.3 is 21.9 Å². The monoisotopic (exact) mass is 450 g/mol. The first-order chi connectivity index (χ1) is 15.2. The van der Waals surface area contributed by atoms with Gasteiger partial charge in [-0.15, -0.1) is 0 Å². The van der Waals surface area contributed by atoms with Crippen LogP contribution in [0.1, 0.15) is 69.2 Å². The number of hydrogen-bond donors (Lipinski definition) is 0. The highest BCUT2D eigenvalue weighted by atomic mass is 35.5. The zero-order chi connectivity index (χ0) is 21.2. The van der Waals surface area contributed by atoms with Gasteiger partial charge in [0.25, 0.3) is 0 Å². The molecule has 0 spiro atoms. The Balaban J connectivity index is 0.00000245. The van der Waals surface area contributed by atoms with Crippen molar-refractivity contribution in [2.45, 2.75) is 70.8 Å². The number of para-hydroxylation sites is 3. The van der Waals surface area contributed by atoms with Crippen LogP contribution in [0.3, 0.4) is 0 Å². The second-order valence-electron chi connectivity index (χ2n) is 9.29. The van der Waals surface area contributed by atoms with Crippen LogP contribution in [-0.2, 0) is 17.8 Å². The molecule has 2 aromatic carbocycles. The molecule has 32 heavy (non-hydrogen) atoms. The molecule has 2 fully saturated rings. The number of anilines is 1. The Bertz CT molecular complexity index is 1070. The van der Waals surface area contributed by atoms with Gasteiger partial charge in [0.05, 0.1) is 11.0 Å². The van der Waals surface area contributed by atoms with Gasteiger partial charge in [0.1, 0.15) is 5.82 Å². The summed E-state index contributed by atoms with van der Waals surface area (Å²) in [6, 6.07) is 16.8. The molecule has 2 heterocycles. The zero-order valence-electron chi connectivity index (χ0n) is 19.0. The van der Waals surface area contributed by atoms with Crippen LogP contribution < -0.4 is 17.3 Å². The third-order valence-electron chi connectivity index (χ3n) is 7.32. The zero-order valence-corrected chi connectivity index (χ0v) is 19.7. The van der Waals surface area contributed by atoms with Crippen molar-refractivity contribution >= 4 is 22.6 Å². The Kier molecular flexibility index (Phi) is 7.20. The Labute approximate surface area is 197 Å². The average molecular weight is 451 g/mol. The molecular weight excluding hydrogens is 418 g/mol. The maximum Gasteiger partial charge on any atom is 0.227 e. The number of imidazole rings is 1. The van der Waals surface area contributed by atoms with Gasteiger partial charge in [-0.05, 0) is 42.5 Å². The minimum absolute atomic E-state index is 0. The lowest BCUT2D eigenvalue weighted by atomic mass is 9.87. The lowest BCUT2D eigenvalue weighted by Gasteiger charge is -2.23. The van der Waals surface area contributed by atoms with Crippen molar-refractivity contribution in [3.63, 3.8) is 0 Å². The molecule has 1 atom stereocenters. The molecule has 4 nitrogen and oxygen atoms in total. The molecule has 1 aliphatic heterocycles. The van der Waals surface area contributed by atoms with Crippen molar-refractivity contribution < 1.29 is 17.2 Å². The molecule has 1 amide bonds. The first-order valence-corrected chi connectivity index (χ1v) is 12.1. The van der Waals surface area contributed by atoms with Crippen LogP contribution in [0.5, 0.6) is 0 Å². The predicted octanol–water partition coefficient (Wildman–Crippen LogP) is 3.09. The third kappa shape index (κ3) is 4.43. The van der Waals surface area contributed by atoms with Gasteiger partial charge in [-0.3, -0.25) is 4.79 Å². The molecule has 1 aromatic heterocycles. The molecule has 0 N–H and O–H groups in total. The normalized spacial score (nSPS) is 19.5. The van der Waals surface area contributed by atoms with E-state index in [0.29, 0.717) is 6.42 Å². The van der Waals surface area contributed by atoms with Gasteiger partial charge in [-0.2, -0.15) is 0 Å². The van der Waals surface area contributed by atoms with Crippen molar-refractivity contribution in [3.05, 3.63) is 59.9 Å². The standard InChI is InChI=1S/C27H33N3O.ClH/c1-2-21-12-6-8-14-24(21)30-19-22(18-26(30)31)27-28-23-13-7-9-15-25(23)29(27)17-16-20-10-4-3-5-11-20;/h6-9,12-15,20,22H,2-5,10-11,16-19H2,1H3;1H/p-1. The molecule has 1 aliphatic carbocycles. The summed E-state index contributed by atoms with van der Waals surface area (Å²) in [5, 5.41) is 0. The minimum Gasteiger partial charge on any atom is -1.00 e. The summed E-state index contributed by atoms with van der Waals surface area (Å²) in [6.07, 6.45) is 9.59. The number of halogens is 1. The maximum atomic E-state index is 13.0. The molecular formula is C27H33ClN3O-. The Morgan fingerprint density at radius 3 is 2.56 bits per heavy atom. The van der Waals surface area contributed by atoms with E-state index in [-0.39, 0.29) is 24.2 Å². The van der Waals surface area contributed by atoms with Crippen LogP contribution in [-0.4, -0.2) is 22.0 Å². The van der Waals surface area contributed by atoms with Crippen molar-refractivity contribution in [1.82, 2.24) is 9.55 Å². The number of nitrogens with zero attached hydrogens (tertiary/aromatic N) is 3. The van der Waals surface area contributed by atoms with Gasteiger partial charge >= 0.3 is 0 Å². The SMILES string of the molecule is CCc1ccccc1N1CC(c2nc3ccccc3n2CCC2CCCCC2)CC1=O.[Cl-]. The lowest BCUT2D eigenvalue weighted by Crippen LogP contribution is -3.00. The Morgan fingerprint density at radius 1 is 1.00 bits per heavy atom. The van der Waals surface area contributed by atoms with Crippen LogP contribution in [0.2, 0.25) is 0 Å². The van der Waals surface area contributed by atoms with E-state index in [4.69, 9.17) is 4.98 Å². The summed E-state index contributed by atoms with van der Waals surface area (Å²) in [5.41, 5.74) is 4.58. The van der Waals surface area contributed by atoms with Gasteiger partial charge in [-0.25, -0.2) is 4.98 Å². The van der Waals surface area contributed by atoms with Crippen molar-refractivity contribution in [1.29, 1.82) is 0 Å². The average Bonchev–Trinajstić information content (AvgIpc) is 3.38. The fourth-order valence-corrected chi connectivity index (χ4v) is 5.61. The number of rotatable bonds is 6. The molecule has 3 aromatic rings. The molecule has 5 rings (SSSR count). The van der Waals surface area contributed by atoms with E-state index in [2.05, 4.69) is 54.0 Å². The Hall–Kier alpha value is -2.33. The lowest BCUT2D eigenvalue weighted by molar-refractivity contribution is -0.117. The van der Waals surface area contributed by atoms with E-state index < -0.39 is 0 Å². The van der Waals surface area contributed by atoms with Gasteiger partial charge in [0, 0.05) is 31.1 Å². The second kappa shape index (κ2) is 10.1. The van der Waals surface area contributed by atoms with Crippen molar-refractivity contribution in [3.8, 4) is 0 Å². The van der Waals surface area contributed by atoms with Crippen LogP contribution in [0.25, 0.3) is 11.0 Å². The summed E-state index contributed by atoms with van der Waals surface area (Å²) < 4.78 is 2.43. The van der Waals surface area contributed by atoms with E-state index in [9.17, 15) is 4.79 Å².